The molecular weight excluding hydrogens is 206 g/mol. The number of rotatable bonds is 4. The summed E-state index contributed by atoms with van der Waals surface area (Å²) in [5.74, 6) is 0.892. The van der Waals surface area contributed by atoms with E-state index in [-0.39, 0.29) is 16.7 Å². The Morgan fingerprint density at radius 1 is 1.33 bits per heavy atom. The molecule has 0 radical (unpaired) electrons. The summed E-state index contributed by atoms with van der Waals surface area (Å²) in [4.78, 5) is 13.8. The van der Waals surface area contributed by atoms with E-state index >= 15 is 0 Å². The summed E-state index contributed by atoms with van der Waals surface area (Å²) in [6.07, 6.45) is 4.18. The summed E-state index contributed by atoms with van der Waals surface area (Å²) in [6, 6.07) is 7.79. The fourth-order valence-electron chi connectivity index (χ4n) is 1.30. The average Bonchev–Trinajstić information content (AvgIpc) is 2.17. The molecule has 0 amide bonds. The molecule has 3 heteroatoms. The van der Waals surface area contributed by atoms with E-state index in [1.807, 2.05) is 43.3 Å². The van der Waals surface area contributed by atoms with E-state index in [9.17, 15) is 4.79 Å². The Balaban J connectivity index is 2.85. The first-order valence-electron chi connectivity index (χ1n) is 4.85. The Labute approximate surface area is 94.6 Å². The van der Waals surface area contributed by atoms with Gasteiger partial charge in [0.1, 0.15) is 0 Å². The van der Waals surface area contributed by atoms with Crippen LogP contribution < -0.4 is 4.90 Å². The topological polar surface area (TPSA) is 20.3 Å². The van der Waals surface area contributed by atoms with Crippen LogP contribution in [0.2, 0.25) is 0 Å². The minimum absolute atomic E-state index is 0.173. The molecule has 0 fully saturated rings. The van der Waals surface area contributed by atoms with Crippen LogP contribution in [0.5, 0.6) is 0 Å². The second kappa shape index (κ2) is 5.21. The van der Waals surface area contributed by atoms with Crippen LogP contribution in [0.4, 0.5) is 5.69 Å². The van der Waals surface area contributed by atoms with E-state index in [1.165, 1.54) is 0 Å². The molecule has 0 aliphatic heterocycles. The van der Waals surface area contributed by atoms with Crippen molar-refractivity contribution in [3.05, 3.63) is 29.8 Å². The van der Waals surface area contributed by atoms with Gasteiger partial charge in [-0.15, -0.1) is 0 Å². The van der Waals surface area contributed by atoms with E-state index in [0.717, 1.165) is 11.3 Å². The van der Waals surface area contributed by atoms with Crippen LogP contribution in [0.15, 0.2) is 24.3 Å². The fraction of sp³-hybridized carbons (Fsp3) is 0.417. The van der Waals surface area contributed by atoms with Gasteiger partial charge in [0.2, 0.25) is 5.78 Å². The Bertz CT molecular complexity index is 347. The average molecular weight is 224 g/mol. The summed E-state index contributed by atoms with van der Waals surface area (Å²) >= 11 is 0. The summed E-state index contributed by atoms with van der Waals surface area (Å²) in [5, 5.41) is 0. The fourth-order valence-corrected chi connectivity index (χ4v) is 1.99. The van der Waals surface area contributed by atoms with Gasteiger partial charge in [0.15, 0.2) is 5.75 Å². The van der Waals surface area contributed by atoms with Gasteiger partial charge in [-0.1, -0.05) is 12.1 Å². The molecule has 0 aliphatic carbocycles. The second-order valence-electron chi connectivity index (χ2n) is 4.00. The predicted octanol–water partition coefficient (Wildman–Crippen LogP) is 1.81. The highest BCUT2D eigenvalue weighted by Crippen LogP contribution is 2.14. The highest BCUT2D eigenvalue weighted by atomic mass is 32.2. The number of nitrogens with zero attached hydrogens (tertiary/aromatic N) is 1. The Morgan fingerprint density at radius 2 is 2.00 bits per heavy atom. The van der Waals surface area contributed by atoms with E-state index in [2.05, 4.69) is 12.5 Å². The minimum atomic E-state index is 0.173. The zero-order chi connectivity index (χ0) is 11.4. The zero-order valence-electron chi connectivity index (χ0n) is 9.78. The highest BCUT2D eigenvalue weighted by Gasteiger charge is 2.14. The summed E-state index contributed by atoms with van der Waals surface area (Å²) in [7, 11) is 4.13. The number of carbonyl (C=O) groups excluding carboxylic acids is 1. The zero-order valence-corrected chi connectivity index (χ0v) is 10.6. The minimum Gasteiger partial charge on any atom is -0.378 e. The normalized spacial score (nSPS) is 10.5. The van der Waals surface area contributed by atoms with Gasteiger partial charge in [-0.2, -0.15) is 0 Å². The smallest absolute Gasteiger partial charge is 0.211 e. The van der Waals surface area contributed by atoms with E-state index < -0.39 is 0 Å². The third kappa shape index (κ3) is 3.59. The van der Waals surface area contributed by atoms with Gasteiger partial charge in [-0.25, -0.2) is 0 Å². The van der Waals surface area contributed by atoms with Gasteiger partial charge in [-0.3, -0.25) is 4.79 Å². The first-order chi connectivity index (χ1) is 7.00. The number of benzene rings is 1. The molecule has 0 saturated carbocycles. The van der Waals surface area contributed by atoms with Crippen LogP contribution in [-0.2, 0) is 10.9 Å². The van der Waals surface area contributed by atoms with Crippen molar-refractivity contribution in [1.29, 1.82) is 0 Å². The molecule has 0 bridgehead atoms. The molecule has 0 spiro atoms. The first kappa shape index (κ1) is 12.1. The Morgan fingerprint density at radius 3 is 2.53 bits per heavy atom. The third-order valence-corrected chi connectivity index (χ3v) is 2.94. The lowest BCUT2D eigenvalue weighted by molar-refractivity contribution is 0.102. The SMILES string of the molecule is CN(C)c1cccc(C(=O)C[S+](C)C)c1. The standard InChI is InChI=1S/C12H18NOS/c1-13(2)11-7-5-6-10(8-11)12(14)9-15(3)4/h5-8H,9H2,1-4H3/q+1. The highest BCUT2D eigenvalue weighted by molar-refractivity contribution is 7.96. The molecule has 0 atom stereocenters. The van der Waals surface area contributed by atoms with E-state index in [0.29, 0.717) is 5.75 Å². The predicted molar refractivity (Wildman–Crippen MR) is 69.2 cm³/mol. The molecule has 0 saturated heterocycles. The lowest BCUT2D eigenvalue weighted by Crippen LogP contribution is -2.15. The van der Waals surface area contributed by atoms with Crippen LogP contribution in [0.25, 0.3) is 0 Å². The number of Topliss-reactive ketones (excluding diaryl/α,β-unsaturated/α-hetero) is 1. The molecule has 0 unspecified atom stereocenters. The van der Waals surface area contributed by atoms with Crippen LogP contribution in [-0.4, -0.2) is 38.1 Å². The number of carbonyl (C=O) groups is 1. The molecule has 0 aromatic heterocycles. The number of anilines is 1. The molecule has 0 aliphatic rings. The lowest BCUT2D eigenvalue weighted by atomic mass is 10.1. The van der Waals surface area contributed by atoms with Crippen LogP contribution >= 0.6 is 0 Å². The second-order valence-corrected chi connectivity index (χ2v) is 6.26. The van der Waals surface area contributed by atoms with Crippen molar-refractivity contribution in [3.8, 4) is 0 Å². The summed E-state index contributed by atoms with van der Waals surface area (Å²) in [5.41, 5.74) is 1.90. The van der Waals surface area contributed by atoms with Crippen molar-refractivity contribution in [2.75, 3.05) is 37.3 Å². The van der Waals surface area contributed by atoms with Gasteiger partial charge in [0.25, 0.3) is 0 Å². The number of ketones is 1. The largest absolute Gasteiger partial charge is 0.378 e. The first-order valence-corrected chi connectivity index (χ1v) is 7.06. The molecule has 82 valence electrons. The summed E-state index contributed by atoms with van der Waals surface area (Å²) < 4.78 is 0. The van der Waals surface area contributed by atoms with Crippen LogP contribution in [0, 0.1) is 0 Å². The van der Waals surface area contributed by atoms with Gasteiger partial charge >= 0.3 is 0 Å². The molecule has 1 rings (SSSR count). The Hall–Kier alpha value is -0.960. The maximum atomic E-state index is 11.8. The Kier molecular flexibility index (Phi) is 4.21. The van der Waals surface area contributed by atoms with Gasteiger partial charge in [0.05, 0.1) is 12.5 Å². The lowest BCUT2D eigenvalue weighted by Gasteiger charge is -2.12. The molecule has 1 aromatic carbocycles. The van der Waals surface area contributed by atoms with Crippen molar-refractivity contribution < 1.29 is 4.79 Å². The van der Waals surface area contributed by atoms with Gasteiger partial charge < -0.3 is 4.90 Å². The van der Waals surface area contributed by atoms with Crippen molar-refractivity contribution in [1.82, 2.24) is 0 Å². The molecule has 1 aromatic rings. The van der Waals surface area contributed by atoms with Gasteiger partial charge in [-0.05, 0) is 23.0 Å². The number of hydrogen-bond donors (Lipinski definition) is 0. The summed E-state index contributed by atoms with van der Waals surface area (Å²) in [6.45, 7) is 0. The molecule has 15 heavy (non-hydrogen) atoms. The molecule has 0 heterocycles. The number of hydrogen-bond acceptors (Lipinski definition) is 2. The molecule has 2 nitrogen and oxygen atoms in total. The van der Waals surface area contributed by atoms with Crippen molar-refractivity contribution in [3.63, 3.8) is 0 Å². The van der Waals surface area contributed by atoms with Gasteiger partial charge in [0, 0.05) is 25.3 Å². The van der Waals surface area contributed by atoms with Crippen molar-refractivity contribution in [2.24, 2.45) is 0 Å². The van der Waals surface area contributed by atoms with Crippen molar-refractivity contribution >= 4 is 22.4 Å². The third-order valence-electron chi connectivity index (χ3n) is 2.10. The van der Waals surface area contributed by atoms with Crippen molar-refractivity contribution in [2.45, 2.75) is 0 Å². The van der Waals surface area contributed by atoms with Crippen LogP contribution in [0.3, 0.4) is 0 Å². The van der Waals surface area contributed by atoms with E-state index in [4.69, 9.17) is 0 Å². The quantitative estimate of drug-likeness (QED) is 0.574. The monoisotopic (exact) mass is 224 g/mol. The molecule has 0 N–H and O–H groups in total. The maximum Gasteiger partial charge on any atom is 0.211 e. The van der Waals surface area contributed by atoms with Crippen LogP contribution in [0.1, 0.15) is 10.4 Å². The maximum absolute atomic E-state index is 11.8. The van der Waals surface area contributed by atoms with E-state index in [1.54, 1.807) is 0 Å². The molecular formula is C12H18NOS+.